The van der Waals surface area contributed by atoms with Gasteiger partial charge in [0, 0.05) is 13.1 Å². The molecular weight excluding hydrogens is 329 g/mol. The fourth-order valence-electron chi connectivity index (χ4n) is 4.09. The third-order valence-electron chi connectivity index (χ3n) is 5.85. The Bertz CT molecular complexity index is 619. The number of hydrogen-bond acceptors (Lipinski definition) is 2. The highest BCUT2D eigenvalue weighted by Gasteiger charge is 2.35. The van der Waals surface area contributed by atoms with E-state index in [0.29, 0.717) is 18.5 Å². The van der Waals surface area contributed by atoms with Crippen LogP contribution in [0.2, 0.25) is 0 Å². The standard InChI is InChI=1S/C19H25F3N2O/c1-23-8-4-19(5-9-23)3-2-7-24(10-6-19)17(25)13-14-11-15(20)18(22)16(21)12-14/h11-12H,2-10,13H2,1H3. The van der Waals surface area contributed by atoms with E-state index in [2.05, 4.69) is 11.9 Å². The van der Waals surface area contributed by atoms with Crippen molar-refractivity contribution in [2.24, 2.45) is 5.41 Å². The highest BCUT2D eigenvalue weighted by Crippen LogP contribution is 2.41. The number of amides is 1. The number of likely N-dealkylation sites (tertiary alicyclic amines) is 2. The van der Waals surface area contributed by atoms with E-state index in [1.165, 1.54) is 12.8 Å². The van der Waals surface area contributed by atoms with E-state index < -0.39 is 17.5 Å². The third-order valence-corrected chi connectivity index (χ3v) is 5.85. The molecule has 6 heteroatoms. The monoisotopic (exact) mass is 354 g/mol. The number of hydrogen-bond donors (Lipinski definition) is 0. The SMILES string of the molecule is CN1CCC2(CCCN(C(=O)Cc3cc(F)c(F)c(F)c3)CC2)CC1. The van der Waals surface area contributed by atoms with Crippen molar-refractivity contribution in [3.05, 3.63) is 35.1 Å². The Kier molecular flexibility index (Phi) is 5.37. The molecule has 0 atom stereocenters. The molecule has 3 rings (SSSR count). The maximum absolute atomic E-state index is 13.3. The molecule has 25 heavy (non-hydrogen) atoms. The van der Waals surface area contributed by atoms with Gasteiger partial charge in [-0.1, -0.05) is 0 Å². The number of benzene rings is 1. The minimum absolute atomic E-state index is 0.0934. The lowest BCUT2D eigenvalue weighted by Gasteiger charge is -2.40. The Hall–Kier alpha value is -1.56. The van der Waals surface area contributed by atoms with Gasteiger partial charge in [-0.05, 0) is 75.4 Å². The van der Waals surface area contributed by atoms with Crippen LogP contribution in [0.5, 0.6) is 0 Å². The molecule has 1 aromatic rings. The highest BCUT2D eigenvalue weighted by molar-refractivity contribution is 5.78. The average molecular weight is 354 g/mol. The summed E-state index contributed by atoms with van der Waals surface area (Å²) < 4.78 is 39.7. The van der Waals surface area contributed by atoms with E-state index >= 15 is 0 Å². The zero-order valence-corrected chi connectivity index (χ0v) is 14.7. The first-order valence-electron chi connectivity index (χ1n) is 8.98. The second kappa shape index (κ2) is 7.36. The minimum atomic E-state index is -1.49. The quantitative estimate of drug-likeness (QED) is 0.761. The van der Waals surface area contributed by atoms with E-state index in [4.69, 9.17) is 0 Å². The Morgan fingerprint density at radius 2 is 1.60 bits per heavy atom. The van der Waals surface area contributed by atoms with Crippen LogP contribution in [0.15, 0.2) is 12.1 Å². The summed E-state index contributed by atoms with van der Waals surface area (Å²) in [6.45, 7) is 3.57. The van der Waals surface area contributed by atoms with Crippen LogP contribution in [0.3, 0.4) is 0 Å². The van der Waals surface area contributed by atoms with Gasteiger partial charge in [-0.2, -0.15) is 0 Å². The van der Waals surface area contributed by atoms with Crippen molar-refractivity contribution in [2.45, 2.75) is 38.5 Å². The lowest BCUT2D eigenvalue weighted by Crippen LogP contribution is -2.39. The van der Waals surface area contributed by atoms with Crippen molar-refractivity contribution in [3.8, 4) is 0 Å². The fraction of sp³-hybridized carbons (Fsp3) is 0.632. The molecule has 2 saturated heterocycles. The van der Waals surface area contributed by atoms with Crippen molar-refractivity contribution in [2.75, 3.05) is 33.2 Å². The fourth-order valence-corrected chi connectivity index (χ4v) is 4.09. The van der Waals surface area contributed by atoms with Crippen LogP contribution in [0.4, 0.5) is 13.2 Å². The Morgan fingerprint density at radius 1 is 1.00 bits per heavy atom. The van der Waals surface area contributed by atoms with Gasteiger partial charge >= 0.3 is 0 Å². The van der Waals surface area contributed by atoms with Crippen LogP contribution in [0.25, 0.3) is 0 Å². The molecule has 0 aliphatic carbocycles. The first-order chi connectivity index (χ1) is 11.9. The largest absolute Gasteiger partial charge is 0.342 e. The van der Waals surface area contributed by atoms with Gasteiger partial charge in [-0.25, -0.2) is 13.2 Å². The molecule has 0 saturated carbocycles. The summed E-state index contributed by atoms with van der Waals surface area (Å²) in [4.78, 5) is 16.7. The maximum Gasteiger partial charge on any atom is 0.226 e. The van der Waals surface area contributed by atoms with E-state index in [1.807, 2.05) is 0 Å². The number of carbonyl (C=O) groups excluding carboxylic acids is 1. The number of rotatable bonds is 2. The Morgan fingerprint density at radius 3 is 2.24 bits per heavy atom. The van der Waals surface area contributed by atoms with Crippen LogP contribution in [-0.2, 0) is 11.2 Å². The van der Waals surface area contributed by atoms with Gasteiger partial charge in [-0.3, -0.25) is 4.79 Å². The maximum atomic E-state index is 13.3. The molecule has 0 radical (unpaired) electrons. The predicted octanol–water partition coefficient (Wildman–Crippen LogP) is 3.37. The van der Waals surface area contributed by atoms with Gasteiger partial charge in [0.2, 0.25) is 5.91 Å². The summed E-state index contributed by atoms with van der Waals surface area (Å²) in [5.41, 5.74) is 0.509. The molecule has 0 N–H and O–H groups in total. The van der Waals surface area contributed by atoms with Gasteiger partial charge in [0.1, 0.15) is 0 Å². The first kappa shape index (κ1) is 18.2. The molecule has 0 aromatic heterocycles. The van der Waals surface area contributed by atoms with Gasteiger partial charge in [0.25, 0.3) is 0 Å². The van der Waals surface area contributed by atoms with E-state index in [0.717, 1.165) is 44.5 Å². The van der Waals surface area contributed by atoms with Crippen molar-refractivity contribution >= 4 is 5.91 Å². The zero-order chi connectivity index (χ0) is 18.0. The van der Waals surface area contributed by atoms with Crippen LogP contribution in [-0.4, -0.2) is 48.9 Å². The van der Waals surface area contributed by atoms with Crippen LogP contribution in [0, 0.1) is 22.9 Å². The van der Waals surface area contributed by atoms with Crippen LogP contribution >= 0.6 is 0 Å². The molecule has 1 amide bonds. The molecule has 2 heterocycles. The number of nitrogens with zero attached hydrogens (tertiary/aromatic N) is 2. The topological polar surface area (TPSA) is 23.6 Å². The molecule has 1 spiro atoms. The number of halogens is 3. The summed E-state index contributed by atoms with van der Waals surface area (Å²) >= 11 is 0. The van der Waals surface area contributed by atoms with Gasteiger partial charge in [0.15, 0.2) is 17.5 Å². The number of piperidine rings is 1. The smallest absolute Gasteiger partial charge is 0.226 e. The summed E-state index contributed by atoms with van der Waals surface area (Å²) in [7, 11) is 2.14. The molecular formula is C19H25F3N2O. The summed E-state index contributed by atoms with van der Waals surface area (Å²) in [5.74, 6) is -4.13. The normalized spacial score (nSPS) is 21.4. The summed E-state index contributed by atoms with van der Waals surface area (Å²) in [6, 6.07) is 1.82. The van der Waals surface area contributed by atoms with Gasteiger partial charge in [-0.15, -0.1) is 0 Å². The van der Waals surface area contributed by atoms with Crippen molar-refractivity contribution < 1.29 is 18.0 Å². The van der Waals surface area contributed by atoms with Crippen molar-refractivity contribution in [3.63, 3.8) is 0 Å². The predicted molar refractivity (Wildman–Crippen MR) is 89.6 cm³/mol. The Balaban J connectivity index is 1.62. The molecule has 2 aliphatic heterocycles. The molecule has 3 nitrogen and oxygen atoms in total. The van der Waals surface area contributed by atoms with Gasteiger partial charge in [0.05, 0.1) is 6.42 Å². The second-order valence-corrected chi connectivity index (χ2v) is 7.59. The first-order valence-corrected chi connectivity index (χ1v) is 8.98. The number of carbonyl (C=O) groups is 1. The summed E-state index contributed by atoms with van der Waals surface area (Å²) in [6.07, 6.45) is 5.31. The molecule has 0 unspecified atom stereocenters. The highest BCUT2D eigenvalue weighted by atomic mass is 19.2. The lowest BCUT2D eigenvalue weighted by molar-refractivity contribution is -0.130. The van der Waals surface area contributed by atoms with Crippen LogP contribution < -0.4 is 0 Å². The van der Waals surface area contributed by atoms with Gasteiger partial charge < -0.3 is 9.80 Å². The average Bonchev–Trinajstić information content (AvgIpc) is 2.78. The van der Waals surface area contributed by atoms with Crippen molar-refractivity contribution in [1.29, 1.82) is 0 Å². The van der Waals surface area contributed by atoms with Crippen LogP contribution in [0.1, 0.15) is 37.7 Å². The van der Waals surface area contributed by atoms with E-state index in [1.54, 1.807) is 4.90 Å². The zero-order valence-electron chi connectivity index (χ0n) is 14.7. The van der Waals surface area contributed by atoms with E-state index in [-0.39, 0.29) is 17.9 Å². The third kappa shape index (κ3) is 4.17. The molecule has 2 fully saturated rings. The molecule has 138 valence electrons. The molecule has 1 aromatic carbocycles. The lowest BCUT2D eigenvalue weighted by atomic mass is 9.73. The molecule has 0 bridgehead atoms. The Labute approximate surface area is 146 Å². The summed E-state index contributed by atoms with van der Waals surface area (Å²) in [5, 5.41) is 0. The second-order valence-electron chi connectivity index (χ2n) is 7.59. The molecule has 2 aliphatic rings. The minimum Gasteiger partial charge on any atom is -0.342 e. The van der Waals surface area contributed by atoms with Crippen molar-refractivity contribution in [1.82, 2.24) is 9.80 Å². The van der Waals surface area contributed by atoms with E-state index in [9.17, 15) is 18.0 Å².